The molecule has 3 aromatic carbocycles. The van der Waals surface area contributed by atoms with Crippen molar-refractivity contribution in [3.05, 3.63) is 94.0 Å². The number of nitro benzene ring substituents is 1. The van der Waals surface area contributed by atoms with Crippen LogP contribution in [0.2, 0.25) is 0 Å². The van der Waals surface area contributed by atoms with Gasteiger partial charge in [-0.05, 0) is 30.3 Å². The Kier molecular flexibility index (Phi) is 5.41. The minimum atomic E-state index is -0.770. The fourth-order valence-electron chi connectivity index (χ4n) is 3.08. The van der Waals surface area contributed by atoms with E-state index < -0.39 is 16.7 Å². The zero-order chi connectivity index (χ0) is 22.7. The molecule has 0 saturated heterocycles. The van der Waals surface area contributed by atoms with E-state index in [0.29, 0.717) is 11.1 Å². The molecule has 0 atom stereocenters. The minimum Gasteiger partial charge on any atom is -0.493 e. The highest BCUT2D eigenvalue weighted by Gasteiger charge is 2.17. The Morgan fingerprint density at radius 1 is 1.00 bits per heavy atom. The van der Waals surface area contributed by atoms with Crippen molar-refractivity contribution >= 4 is 39.8 Å². The number of benzene rings is 3. The van der Waals surface area contributed by atoms with Crippen LogP contribution in [-0.4, -0.2) is 26.8 Å². The van der Waals surface area contributed by atoms with Crippen molar-refractivity contribution in [3.63, 3.8) is 0 Å². The number of amides is 2. The fraction of sp³-hybridized carbons (Fsp3) is 0. The summed E-state index contributed by atoms with van der Waals surface area (Å²) in [6, 6.07) is 18.7. The second-order valence-corrected chi connectivity index (χ2v) is 6.68. The van der Waals surface area contributed by atoms with E-state index in [-0.39, 0.29) is 33.9 Å². The number of H-pyrrole nitrogens is 1. The number of aromatic hydroxyl groups is 1. The second-order valence-electron chi connectivity index (χ2n) is 6.68. The molecule has 0 fully saturated rings. The molecule has 10 heteroatoms. The number of nitrogens with zero attached hydrogens (tertiary/aromatic N) is 3. The van der Waals surface area contributed by atoms with Crippen LogP contribution in [0, 0.1) is 10.1 Å². The maximum absolute atomic E-state index is 12.7. The van der Waals surface area contributed by atoms with Crippen LogP contribution in [0.25, 0.3) is 10.9 Å². The fourth-order valence-corrected chi connectivity index (χ4v) is 3.08. The molecule has 0 aliphatic carbocycles. The molecule has 0 saturated carbocycles. The summed E-state index contributed by atoms with van der Waals surface area (Å²) in [5, 5.41) is 31.5. The molecule has 4 rings (SSSR count). The summed E-state index contributed by atoms with van der Waals surface area (Å²) < 4.78 is 0. The lowest BCUT2D eigenvalue weighted by Crippen LogP contribution is -2.14. The van der Waals surface area contributed by atoms with Gasteiger partial charge in [-0.15, -0.1) is 10.2 Å². The third-order valence-electron chi connectivity index (χ3n) is 4.63. The number of para-hydroxylation sites is 1. The number of carbonyl (C=O) groups is 2. The number of rotatable bonds is 5. The number of non-ortho nitro benzene ring substituents is 1. The van der Waals surface area contributed by atoms with Gasteiger partial charge in [-0.25, -0.2) is 0 Å². The lowest BCUT2D eigenvalue weighted by atomic mass is 10.1. The zero-order valence-electron chi connectivity index (χ0n) is 16.4. The van der Waals surface area contributed by atoms with Crippen LogP contribution in [0.4, 0.5) is 17.1 Å². The Bertz CT molecular complexity index is 1380. The number of fused-ring (bicyclic) bond motifs is 1. The van der Waals surface area contributed by atoms with Gasteiger partial charge in [-0.1, -0.05) is 30.3 Å². The zero-order valence-corrected chi connectivity index (χ0v) is 16.4. The van der Waals surface area contributed by atoms with Crippen molar-refractivity contribution < 1.29 is 19.6 Å². The summed E-state index contributed by atoms with van der Waals surface area (Å²) in [7, 11) is 0. The van der Waals surface area contributed by atoms with Gasteiger partial charge >= 0.3 is 0 Å². The molecular formula is C22H15N5O5. The van der Waals surface area contributed by atoms with Crippen molar-refractivity contribution in [1.29, 1.82) is 0 Å². The third-order valence-corrected chi connectivity index (χ3v) is 4.63. The van der Waals surface area contributed by atoms with Crippen molar-refractivity contribution in [2.45, 2.75) is 0 Å². The van der Waals surface area contributed by atoms with E-state index in [9.17, 15) is 24.8 Å². The first-order valence-electron chi connectivity index (χ1n) is 9.34. The Balaban J connectivity index is 1.63. The molecule has 1 aromatic heterocycles. The summed E-state index contributed by atoms with van der Waals surface area (Å²) in [6.07, 6.45) is 0. The van der Waals surface area contributed by atoms with Gasteiger partial charge in [0.25, 0.3) is 17.5 Å². The molecule has 0 bridgehead atoms. The predicted octanol–water partition coefficient (Wildman–Crippen LogP) is 4.96. The highest BCUT2D eigenvalue weighted by atomic mass is 16.6. The van der Waals surface area contributed by atoms with Crippen LogP contribution < -0.4 is 5.32 Å². The highest BCUT2D eigenvalue weighted by molar-refractivity contribution is 6.09. The first-order chi connectivity index (χ1) is 15.4. The van der Waals surface area contributed by atoms with Gasteiger partial charge in [0.1, 0.15) is 0 Å². The third kappa shape index (κ3) is 4.05. The lowest BCUT2D eigenvalue weighted by Gasteiger charge is -2.08. The summed E-state index contributed by atoms with van der Waals surface area (Å²) >= 11 is 0. The monoisotopic (exact) mass is 429 g/mol. The standard InChI is InChI=1S/C22H15N5O5/c28-20(13-6-2-1-3-7-13)23-17-9-5-4-8-15(17)21(29)26-25-19-16-12-14(27(31)32)10-11-18(16)24-22(19)30/h1-12,24,30H,(H,23,28). The van der Waals surface area contributed by atoms with Crippen LogP contribution in [0.1, 0.15) is 20.7 Å². The number of carbonyl (C=O) groups excluding carboxylic acids is 2. The molecule has 158 valence electrons. The largest absolute Gasteiger partial charge is 0.493 e. The minimum absolute atomic E-state index is 0.0887. The lowest BCUT2D eigenvalue weighted by molar-refractivity contribution is -0.384. The van der Waals surface area contributed by atoms with Gasteiger partial charge in [0.2, 0.25) is 5.88 Å². The number of nitro groups is 1. The summed E-state index contributed by atoms with van der Waals surface area (Å²) in [6.45, 7) is 0. The van der Waals surface area contributed by atoms with Crippen molar-refractivity contribution in [2.75, 3.05) is 5.32 Å². The van der Waals surface area contributed by atoms with Crippen LogP contribution in [-0.2, 0) is 0 Å². The van der Waals surface area contributed by atoms with E-state index in [4.69, 9.17) is 0 Å². The van der Waals surface area contributed by atoms with Crippen molar-refractivity contribution in [1.82, 2.24) is 4.98 Å². The molecular weight excluding hydrogens is 414 g/mol. The van der Waals surface area contributed by atoms with E-state index in [0.717, 1.165) is 0 Å². The number of hydrogen-bond donors (Lipinski definition) is 3. The SMILES string of the molecule is O=C(Nc1ccccc1C(=O)N=Nc1c(O)[nH]c2ccc([N+](=O)[O-])cc12)c1ccccc1. The molecule has 10 nitrogen and oxygen atoms in total. The maximum Gasteiger partial charge on any atom is 0.297 e. The predicted molar refractivity (Wildman–Crippen MR) is 116 cm³/mol. The Morgan fingerprint density at radius 3 is 2.47 bits per heavy atom. The van der Waals surface area contributed by atoms with Gasteiger partial charge in [-0.2, -0.15) is 0 Å². The molecule has 3 N–H and O–H groups in total. The van der Waals surface area contributed by atoms with E-state index in [1.807, 2.05) is 0 Å². The first kappa shape index (κ1) is 20.4. The summed E-state index contributed by atoms with van der Waals surface area (Å²) in [4.78, 5) is 38.2. The first-order valence-corrected chi connectivity index (χ1v) is 9.34. The van der Waals surface area contributed by atoms with E-state index in [2.05, 4.69) is 20.5 Å². The molecule has 0 radical (unpaired) electrons. The summed E-state index contributed by atoms with van der Waals surface area (Å²) in [5.41, 5.74) is 0.831. The number of aromatic nitrogens is 1. The van der Waals surface area contributed by atoms with Gasteiger partial charge in [0, 0.05) is 23.1 Å². The van der Waals surface area contributed by atoms with E-state index in [1.54, 1.807) is 48.5 Å². The van der Waals surface area contributed by atoms with Gasteiger partial charge < -0.3 is 15.4 Å². The van der Waals surface area contributed by atoms with Crippen LogP contribution in [0.15, 0.2) is 83.0 Å². The quantitative estimate of drug-likeness (QED) is 0.233. The average molecular weight is 429 g/mol. The average Bonchev–Trinajstić information content (AvgIpc) is 3.12. The molecule has 0 spiro atoms. The molecule has 4 aromatic rings. The Labute approximate surface area is 180 Å². The molecule has 2 amide bonds. The van der Waals surface area contributed by atoms with Crippen molar-refractivity contribution in [2.24, 2.45) is 10.2 Å². The molecule has 0 aliphatic heterocycles. The van der Waals surface area contributed by atoms with Crippen LogP contribution in [0.5, 0.6) is 5.88 Å². The number of nitrogens with one attached hydrogen (secondary N) is 2. The second kappa shape index (κ2) is 8.48. The van der Waals surface area contributed by atoms with Gasteiger partial charge in [0.15, 0.2) is 5.69 Å². The van der Waals surface area contributed by atoms with E-state index in [1.165, 1.54) is 24.3 Å². The van der Waals surface area contributed by atoms with Gasteiger partial charge in [-0.3, -0.25) is 19.7 Å². The number of aromatic amines is 1. The normalized spacial score (nSPS) is 11.0. The summed E-state index contributed by atoms with van der Waals surface area (Å²) in [5.74, 6) is -1.56. The topological polar surface area (TPSA) is 150 Å². The smallest absolute Gasteiger partial charge is 0.297 e. The molecule has 0 unspecified atom stereocenters. The van der Waals surface area contributed by atoms with Crippen molar-refractivity contribution in [3.8, 4) is 5.88 Å². The van der Waals surface area contributed by atoms with Crippen LogP contribution in [0.3, 0.4) is 0 Å². The Morgan fingerprint density at radius 2 is 1.72 bits per heavy atom. The molecule has 32 heavy (non-hydrogen) atoms. The number of anilines is 1. The van der Waals surface area contributed by atoms with Gasteiger partial charge in [0.05, 0.1) is 21.7 Å². The van der Waals surface area contributed by atoms with Crippen LogP contribution >= 0.6 is 0 Å². The number of azo groups is 1. The Hall–Kier alpha value is -4.86. The highest BCUT2D eigenvalue weighted by Crippen LogP contribution is 2.37. The molecule has 0 aliphatic rings. The maximum atomic E-state index is 12.7. The number of hydrogen-bond acceptors (Lipinski definition) is 6. The van der Waals surface area contributed by atoms with E-state index >= 15 is 0 Å². The molecule has 1 heterocycles.